The minimum atomic E-state index is -0.233. The minimum absolute atomic E-state index is 0.134. The van der Waals surface area contributed by atoms with E-state index in [-0.39, 0.29) is 11.9 Å². The van der Waals surface area contributed by atoms with Crippen molar-refractivity contribution >= 4 is 5.91 Å². The van der Waals surface area contributed by atoms with Crippen molar-refractivity contribution in [3.05, 3.63) is 66.0 Å². The van der Waals surface area contributed by atoms with E-state index in [0.29, 0.717) is 6.54 Å². The van der Waals surface area contributed by atoms with Gasteiger partial charge in [0.15, 0.2) is 0 Å². The zero-order valence-corrected chi connectivity index (χ0v) is 14.1. The van der Waals surface area contributed by atoms with Crippen molar-refractivity contribution in [2.24, 2.45) is 0 Å². The van der Waals surface area contributed by atoms with Crippen LogP contribution in [0.2, 0.25) is 0 Å². The topological polar surface area (TPSA) is 36.4 Å². The van der Waals surface area contributed by atoms with Gasteiger partial charge < -0.3 is 4.90 Å². The fraction of sp³-hybridized carbons (Fsp3) is 0.368. The van der Waals surface area contributed by atoms with E-state index in [1.54, 1.807) is 12.4 Å². The molecular weight excluding hydrogens is 286 g/mol. The smallest absolute Gasteiger partial charge is 0.244 e. The van der Waals surface area contributed by atoms with Gasteiger partial charge in [-0.25, -0.2) is 0 Å². The Kier molecular flexibility index (Phi) is 6.29. The van der Waals surface area contributed by atoms with Crippen LogP contribution in [0.25, 0.3) is 0 Å². The van der Waals surface area contributed by atoms with Crippen LogP contribution < -0.4 is 0 Å². The number of pyridine rings is 1. The fourth-order valence-corrected chi connectivity index (χ4v) is 2.57. The van der Waals surface area contributed by atoms with Crippen LogP contribution in [0.4, 0.5) is 0 Å². The quantitative estimate of drug-likeness (QED) is 0.789. The van der Waals surface area contributed by atoms with Gasteiger partial charge in [0.25, 0.3) is 0 Å². The molecule has 0 aliphatic carbocycles. The van der Waals surface area contributed by atoms with Gasteiger partial charge in [0.2, 0.25) is 5.91 Å². The standard InChI is InChI=1S/C19H25N3O/c1-4-21(2)18(17-8-6-5-7-9-17)19(23)22(3)15-12-16-10-13-20-14-11-16/h5-11,13-14,18H,4,12,15H2,1-3H3/t18-/m0/s1. The normalized spacial score (nSPS) is 12.2. The van der Waals surface area contributed by atoms with Crippen molar-refractivity contribution in [3.8, 4) is 0 Å². The molecule has 0 radical (unpaired) electrons. The third kappa shape index (κ3) is 4.63. The summed E-state index contributed by atoms with van der Waals surface area (Å²) < 4.78 is 0. The lowest BCUT2D eigenvalue weighted by atomic mass is 10.0. The molecule has 23 heavy (non-hydrogen) atoms. The molecule has 122 valence electrons. The molecule has 1 atom stereocenters. The second kappa shape index (κ2) is 8.44. The first-order valence-corrected chi connectivity index (χ1v) is 8.02. The first-order valence-electron chi connectivity index (χ1n) is 8.02. The average molecular weight is 311 g/mol. The molecule has 0 aliphatic rings. The minimum Gasteiger partial charge on any atom is -0.344 e. The molecule has 1 aromatic heterocycles. The second-order valence-electron chi connectivity index (χ2n) is 5.75. The number of likely N-dealkylation sites (N-methyl/N-ethyl adjacent to an activating group) is 2. The number of hydrogen-bond acceptors (Lipinski definition) is 3. The van der Waals surface area contributed by atoms with Gasteiger partial charge in [-0.05, 0) is 43.3 Å². The van der Waals surface area contributed by atoms with Crippen LogP contribution in [-0.4, -0.2) is 47.9 Å². The average Bonchev–Trinajstić information content (AvgIpc) is 2.61. The van der Waals surface area contributed by atoms with Crippen molar-refractivity contribution in [2.45, 2.75) is 19.4 Å². The Labute approximate surface area is 138 Å². The number of nitrogens with zero attached hydrogens (tertiary/aromatic N) is 3. The highest BCUT2D eigenvalue weighted by atomic mass is 16.2. The SMILES string of the molecule is CCN(C)[C@H](C(=O)N(C)CCc1ccncc1)c1ccccc1. The largest absolute Gasteiger partial charge is 0.344 e. The monoisotopic (exact) mass is 311 g/mol. The predicted molar refractivity (Wildman–Crippen MR) is 93.1 cm³/mol. The molecule has 0 fully saturated rings. The van der Waals surface area contributed by atoms with Crippen molar-refractivity contribution in [1.82, 2.24) is 14.8 Å². The van der Waals surface area contributed by atoms with E-state index in [4.69, 9.17) is 0 Å². The number of carbonyl (C=O) groups is 1. The molecule has 2 aromatic rings. The Balaban J connectivity index is 2.07. The lowest BCUT2D eigenvalue weighted by molar-refractivity contribution is -0.135. The highest BCUT2D eigenvalue weighted by Gasteiger charge is 2.26. The third-order valence-corrected chi connectivity index (χ3v) is 4.15. The van der Waals surface area contributed by atoms with E-state index in [1.165, 1.54) is 5.56 Å². The summed E-state index contributed by atoms with van der Waals surface area (Å²) in [6, 6.07) is 13.7. The first-order chi connectivity index (χ1) is 11.1. The predicted octanol–water partition coefficient (Wildman–Crippen LogP) is 2.78. The molecule has 4 heteroatoms. The lowest BCUT2D eigenvalue weighted by Crippen LogP contribution is -2.40. The first kappa shape index (κ1) is 17.2. The number of benzene rings is 1. The highest BCUT2D eigenvalue weighted by Crippen LogP contribution is 2.21. The van der Waals surface area contributed by atoms with E-state index < -0.39 is 0 Å². The molecular formula is C19H25N3O. The van der Waals surface area contributed by atoms with Crippen LogP contribution in [0.1, 0.15) is 24.1 Å². The van der Waals surface area contributed by atoms with E-state index in [9.17, 15) is 4.79 Å². The van der Waals surface area contributed by atoms with Crippen LogP contribution in [-0.2, 0) is 11.2 Å². The maximum absolute atomic E-state index is 12.9. The Bertz CT molecular complexity index is 601. The zero-order chi connectivity index (χ0) is 16.7. The van der Waals surface area contributed by atoms with E-state index in [2.05, 4.69) is 16.8 Å². The Morgan fingerprint density at radius 3 is 2.35 bits per heavy atom. The van der Waals surface area contributed by atoms with Gasteiger partial charge in [-0.15, -0.1) is 0 Å². The van der Waals surface area contributed by atoms with Gasteiger partial charge in [-0.1, -0.05) is 37.3 Å². The van der Waals surface area contributed by atoms with Crippen LogP contribution in [0.15, 0.2) is 54.9 Å². The molecule has 1 heterocycles. The summed E-state index contributed by atoms with van der Waals surface area (Å²) in [4.78, 5) is 20.9. The summed E-state index contributed by atoms with van der Waals surface area (Å²) >= 11 is 0. The van der Waals surface area contributed by atoms with Gasteiger partial charge in [-0.2, -0.15) is 0 Å². The molecule has 0 aliphatic heterocycles. The summed E-state index contributed by atoms with van der Waals surface area (Å²) in [5.74, 6) is 0.134. The molecule has 1 aromatic carbocycles. The summed E-state index contributed by atoms with van der Waals surface area (Å²) in [6.45, 7) is 3.59. The molecule has 1 amide bonds. The summed E-state index contributed by atoms with van der Waals surface area (Å²) in [7, 11) is 3.87. The highest BCUT2D eigenvalue weighted by molar-refractivity contribution is 5.83. The second-order valence-corrected chi connectivity index (χ2v) is 5.75. The maximum Gasteiger partial charge on any atom is 0.244 e. The fourth-order valence-electron chi connectivity index (χ4n) is 2.57. The third-order valence-electron chi connectivity index (χ3n) is 4.15. The Morgan fingerprint density at radius 2 is 1.74 bits per heavy atom. The van der Waals surface area contributed by atoms with Crippen molar-refractivity contribution in [3.63, 3.8) is 0 Å². The van der Waals surface area contributed by atoms with E-state index in [1.807, 2.05) is 61.5 Å². The molecule has 0 saturated carbocycles. The molecule has 0 saturated heterocycles. The van der Waals surface area contributed by atoms with Gasteiger partial charge in [0.1, 0.15) is 6.04 Å². The van der Waals surface area contributed by atoms with Gasteiger partial charge >= 0.3 is 0 Å². The van der Waals surface area contributed by atoms with Gasteiger partial charge in [0, 0.05) is 26.0 Å². The molecule has 0 bridgehead atoms. The van der Waals surface area contributed by atoms with Crippen molar-refractivity contribution in [1.29, 1.82) is 0 Å². The maximum atomic E-state index is 12.9. The molecule has 0 N–H and O–H groups in total. The number of hydrogen-bond donors (Lipinski definition) is 0. The molecule has 4 nitrogen and oxygen atoms in total. The van der Waals surface area contributed by atoms with Crippen LogP contribution in [0.5, 0.6) is 0 Å². The summed E-state index contributed by atoms with van der Waals surface area (Å²) in [6.07, 6.45) is 4.41. The van der Waals surface area contributed by atoms with Crippen LogP contribution >= 0.6 is 0 Å². The lowest BCUT2D eigenvalue weighted by Gasteiger charge is -2.30. The number of amides is 1. The zero-order valence-electron chi connectivity index (χ0n) is 14.1. The van der Waals surface area contributed by atoms with Gasteiger partial charge in [0.05, 0.1) is 0 Å². The number of aromatic nitrogens is 1. The van der Waals surface area contributed by atoms with Crippen LogP contribution in [0, 0.1) is 0 Å². The summed E-state index contributed by atoms with van der Waals surface area (Å²) in [5, 5.41) is 0. The van der Waals surface area contributed by atoms with Gasteiger partial charge in [-0.3, -0.25) is 14.7 Å². The Hall–Kier alpha value is -2.20. The Morgan fingerprint density at radius 1 is 1.09 bits per heavy atom. The number of rotatable bonds is 7. The molecule has 0 spiro atoms. The van der Waals surface area contributed by atoms with E-state index in [0.717, 1.165) is 18.5 Å². The van der Waals surface area contributed by atoms with E-state index >= 15 is 0 Å². The number of carbonyl (C=O) groups excluding carboxylic acids is 1. The van der Waals surface area contributed by atoms with Crippen molar-refractivity contribution < 1.29 is 4.79 Å². The molecule has 0 unspecified atom stereocenters. The van der Waals surface area contributed by atoms with Crippen LogP contribution in [0.3, 0.4) is 0 Å². The van der Waals surface area contributed by atoms with Crippen molar-refractivity contribution in [2.75, 3.05) is 27.2 Å². The summed E-state index contributed by atoms with van der Waals surface area (Å²) in [5.41, 5.74) is 2.23. The molecule has 2 rings (SSSR count).